The minimum atomic E-state index is 0.370. The van der Waals surface area contributed by atoms with Crippen LogP contribution < -0.4 is 0 Å². The van der Waals surface area contributed by atoms with Crippen molar-refractivity contribution in [3.05, 3.63) is 29.4 Å². The van der Waals surface area contributed by atoms with Crippen LogP contribution in [0.15, 0.2) is 12.1 Å². The maximum Gasteiger partial charge on any atom is 0.155 e. The van der Waals surface area contributed by atoms with Crippen LogP contribution in [-0.2, 0) is 4.74 Å². The fourth-order valence-electron chi connectivity index (χ4n) is 2.10. The maximum atomic E-state index is 5.34. The van der Waals surface area contributed by atoms with Crippen LogP contribution in [0.3, 0.4) is 0 Å². The molecule has 0 aromatic carbocycles. The van der Waals surface area contributed by atoms with E-state index in [9.17, 15) is 0 Å². The summed E-state index contributed by atoms with van der Waals surface area (Å²) in [5, 5.41) is 0. The molecule has 1 atom stereocenters. The third-order valence-corrected chi connectivity index (χ3v) is 2.97. The lowest BCUT2D eigenvalue weighted by Gasteiger charge is -2.20. The largest absolute Gasteiger partial charge is 0.381 e. The Kier molecular flexibility index (Phi) is 3.34. The molecule has 3 nitrogen and oxygen atoms in total. The number of ether oxygens (including phenoxy) is 1. The average molecular weight is 218 g/mol. The molecular formula is C13H18N2O. The Hall–Kier alpha value is -1.22. The highest BCUT2D eigenvalue weighted by Gasteiger charge is 2.16. The normalized spacial score (nSPS) is 20.7. The first-order valence-corrected chi connectivity index (χ1v) is 5.73. The molecule has 0 fully saturated rings. The van der Waals surface area contributed by atoms with Crippen LogP contribution >= 0.6 is 0 Å². The van der Waals surface area contributed by atoms with Crippen molar-refractivity contribution in [2.75, 3.05) is 7.11 Å². The van der Waals surface area contributed by atoms with E-state index in [0.29, 0.717) is 6.10 Å². The Labute approximate surface area is 96.6 Å². The van der Waals surface area contributed by atoms with E-state index < -0.39 is 0 Å². The molecule has 1 aromatic heterocycles. The Morgan fingerprint density at radius 2 is 1.94 bits per heavy atom. The van der Waals surface area contributed by atoms with Crippen molar-refractivity contribution >= 4 is 5.57 Å². The molecule has 3 heteroatoms. The Morgan fingerprint density at radius 1 is 1.25 bits per heavy atom. The molecule has 0 N–H and O–H groups in total. The molecule has 1 aliphatic rings. The fraction of sp³-hybridized carbons (Fsp3) is 0.538. The Morgan fingerprint density at radius 3 is 2.44 bits per heavy atom. The maximum absolute atomic E-state index is 5.34. The van der Waals surface area contributed by atoms with Crippen molar-refractivity contribution in [3.8, 4) is 0 Å². The van der Waals surface area contributed by atoms with Crippen molar-refractivity contribution in [3.63, 3.8) is 0 Å². The van der Waals surface area contributed by atoms with Crippen LogP contribution in [0.2, 0.25) is 0 Å². The van der Waals surface area contributed by atoms with E-state index >= 15 is 0 Å². The van der Waals surface area contributed by atoms with E-state index in [2.05, 4.69) is 16.0 Å². The fourth-order valence-corrected chi connectivity index (χ4v) is 2.10. The SMILES string of the molecule is CO[C@@H]1CC=C(c2nc(C)cc(C)n2)CC1. The third kappa shape index (κ3) is 2.47. The Bertz CT molecular complexity index is 392. The van der Waals surface area contributed by atoms with Gasteiger partial charge in [0.05, 0.1) is 6.10 Å². The second kappa shape index (κ2) is 4.74. The van der Waals surface area contributed by atoms with Gasteiger partial charge in [0.25, 0.3) is 0 Å². The zero-order chi connectivity index (χ0) is 11.5. The van der Waals surface area contributed by atoms with Crippen molar-refractivity contribution in [2.45, 2.75) is 39.2 Å². The molecule has 0 saturated heterocycles. The summed E-state index contributed by atoms with van der Waals surface area (Å²) in [7, 11) is 1.77. The second-order valence-corrected chi connectivity index (χ2v) is 4.34. The number of aryl methyl sites for hydroxylation is 2. The number of hydrogen-bond acceptors (Lipinski definition) is 3. The van der Waals surface area contributed by atoms with Crippen molar-refractivity contribution in [2.24, 2.45) is 0 Å². The van der Waals surface area contributed by atoms with Gasteiger partial charge >= 0.3 is 0 Å². The molecule has 0 bridgehead atoms. The van der Waals surface area contributed by atoms with Gasteiger partial charge in [0, 0.05) is 18.5 Å². The summed E-state index contributed by atoms with van der Waals surface area (Å²) >= 11 is 0. The highest BCUT2D eigenvalue weighted by atomic mass is 16.5. The number of rotatable bonds is 2. The summed E-state index contributed by atoms with van der Waals surface area (Å²) in [5.74, 6) is 0.895. The summed E-state index contributed by atoms with van der Waals surface area (Å²) in [6, 6.07) is 2.00. The van der Waals surface area contributed by atoms with Crippen molar-refractivity contribution < 1.29 is 4.74 Å². The van der Waals surface area contributed by atoms with Crippen molar-refractivity contribution in [1.82, 2.24) is 9.97 Å². The van der Waals surface area contributed by atoms with E-state index in [0.717, 1.165) is 36.5 Å². The molecule has 16 heavy (non-hydrogen) atoms. The Balaban J connectivity index is 2.22. The van der Waals surface area contributed by atoms with Gasteiger partial charge < -0.3 is 4.74 Å². The van der Waals surface area contributed by atoms with E-state index in [4.69, 9.17) is 4.74 Å². The standard InChI is InChI=1S/C13H18N2O/c1-9-8-10(2)15-13(14-9)11-4-6-12(16-3)7-5-11/h4,8,12H,5-7H2,1-3H3/t12-/m1/s1. The van der Waals surface area contributed by atoms with Gasteiger partial charge in [-0.2, -0.15) is 0 Å². The zero-order valence-electron chi connectivity index (χ0n) is 10.2. The topological polar surface area (TPSA) is 35.0 Å². The number of methoxy groups -OCH3 is 1. The monoisotopic (exact) mass is 218 g/mol. The second-order valence-electron chi connectivity index (χ2n) is 4.34. The quantitative estimate of drug-likeness (QED) is 0.765. The van der Waals surface area contributed by atoms with E-state index in [1.165, 1.54) is 5.57 Å². The van der Waals surface area contributed by atoms with Crippen LogP contribution in [0.5, 0.6) is 0 Å². The van der Waals surface area contributed by atoms with Gasteiger partial charge in [-0.3, -0.25) is 0 Å². The first kappa shape index (κ1) is 11.3. The molecule has 0 unspecified atom stereocenters. The van der Waals surface area contributed by atoms with Gasteiger partial charge in [0.15, 0.2) is 5.82 Å². The van der Waals surface area contributed by atoms with Gasteiger partial charge in [0.2, 0.25) is 0 Å². The number of hydrogen-bond donors (Lipinski definition) is 0. The number of aromatic nitrogens is 2. The molecule has 1 aliphatic carbocycles. The first-order valence-electron chi connectivity index (χ1n) is 5.73. The number of nitrogens with zero attached hydrogens (tertiary/aromatic N) is 2. The molecule has 0 aliphatic heterocycles. The van der Waals surface area contributed by atoms with Crippen molar-refractivity contribution in [1.29, 1.82) is 0 Å². The minimum Gasteiger partial charge on any atom is -0.381 e. The molecule has 0 saturated carbocycles. The molecular weight excluding hydrogens is 200 g/mol. The lowest BCUT2D eigenvalue weighted by atomic mass is 9.96. The summed E-state index contributed by atoms with van der Waals surface area (Å²) in [5.41, 5.74) is 3.34. The highest BCUT2D eigenvalue weighted by Crippen LogP contribution is 2.26. The van der Waals surface area contributed by atoms with E-state index in [1.807, 2.05) is 19.9 Å². The van der Waals surface area contributed by atoms with Crippen LogP contribution in [0.4, 0.5) is 0 Å². The summed E-state index contributed by atoms with van der Waals surface area (Å²) in [6.45, 7) is 4.03. The highest BCUT2D eigenvalue weighted by molar-refractivity contribution is 5.60. The predicted molar refractivity (Wildman–Crippen MR) is 64.1 cm³/mol. The summed E-state index contributed by atoms with van der Waals surface area (Å²) in [6.07, 6.45) is 5.64. The summed E-state index contributed by atoms with van der Waals surface area (Å²) in [4.78, 5) is 8.98. The third-order valence-electron chi connectivity index (χ3n) is 2.97. The van der Waals surface area contributed by atoms with Gasteiger partial charge in [-0.05, 0) is 44.7 Å². The van der Waals surface area contributed by atoms with Gasteiger partial charge in [-0.15, -0.1) is 0 Å². The molecule has 2 rings (SSSR count). The first-order chi connectivity index (χ1) is 7.69. The zero-order valence-corrected chi connectivity index (χ0v) is 10.2. The van der Waals surface area contributed by atoms with E-state index in [-0.39, 0.29) is 0 Å². The van der Waals surface area contributed by atoms with Crippen LogP contribution in [0.1, 0.15) is 36.5 Å². The molecule has 0 spiro atoms. The van der Waals surface area contributed by atoms with Gasteiger partial charge in [-0.25, -0.2) is 9.97 Å². The van der Waals surface area contributed by atoms with Crippen LogP contribution in [0.25, 0.3) is 5.57 Å². The summed E-state index contributed by atoms with van der Waals surface area (Å²) < 4.78 is 5.34. The van der Waals surface area contributed by atoms with E-state index in [1.54, 1.807) is 7.11 Å². The van der Waals surface area contributed by atoms with Crippen LogP contribution in [0, 0.1) is 13.8 Å². The molecule has 86 valence electrons. The molecule has 1 aromatic rings. The van der Waals surface area contributed by atoms with Gasteiger partial charge in [-0.1, -0.05) is 6.08 Å². The van der Waals surface area contributed by atoms with Gasteiger partial charge in [0.1, 0.15) is 0 Å². The lowest BCUT2D eigenvalue weighted by Crippen LogP contribution is -2.14. The molecule has 0 amide bonds. The minimum absolute atomic E-state index is 0.370. The van der Waals surface area contributed by atoms with Crippen LogP contribution in [-0.4, -0.2) is 23.2 Å². The average Bonchev–Trinajstić information content (AvgIpc) is 2.28. The molecule has 0 radical (unpaired) electrons. The lowest BCUT2D eigenvalue weighted by molar-refractivity contribution is 0.0963. The smallest absolute Gasteiger partial charge is 0.155 e. The number of allylic oxidation sites excluding steroid dienone is 1. The predicted octanol–water partition coefficient (Wildman–Crippen LogP) is 2.68. The molecule has 1 heterocycles.